The highest BCUT2D eigenvalue weighted by Crippen LogP contribution is 2.59. The van der Waals surface area contributed by atoms with Gasteiger partial charge in [0.1, 0.15) is 0 Å². The molecule has 3 aliphatic rings. The van der Waals surface area contributed by atoms with E-state index >= 15 is 0 Å². The quantitative estimate of drug-likeness (QED) is 0.492. The number of hydrogen-bond donors (Lipinski definition) is 2. The van der Waals surface area contributed by atoms with Crippen LogP contribution in [0.5, 0.6) is 0 Å². The molecule has 0 aliphatic heterocycles. The SMILES string of the molecule is CO[C@H]1C/C(=C/C=C2\CCC[C@@]3(C)C2CC[C@@H]3[C@H](C)/C=C/[C@H](C)C(C)(C)O)C[C@H](O)C1. The number of methoxy groups -OCH3 is 1. The van der Waals surface area contributed by atoms with Crippen molar-refractivity contribution in [3.63, 3.8) is 0 Å². The van der Waals surface area contributed by atoms with Gasteiger partial charge in [-0.15, -0.1) is 0 Å². The molecule has 31 heavy (non-hydrogen) atoms. The minimum absolute atomic E-state index is 0.153. The van der Waals surface area contributed by atoms with Crippen LogP contribution in [-0.2, 0) is 4.74 Å². The first-order valence-electron chi connectivity index (χ1n) is 12.5. The fourth-order valence-corrected chi connectivity index (χ4v) is 6.54. The monoisotopic (exact) mass is 430 g/mol. The molecule has 2 N–H and O–H groups in total. The Morgan fingerprint density at radius 2 is 1.87 bits per heavy atom. The van der Waals surface area contributed by atoms with E-state index in [0.29, 0.717) is 23.2 Å². The van der Waals surface area contributed by atoms with E-state index in [9.17, 15) is 10.2 Å². The molecule has 0 radical (unpaired) electrons. The minimum atomic E-state index is -0.666. The molecule has 1 unspecified atom stereocenters. The van der Waals surface area contributed by atoms with Crippen LogP contribution in [0.25, 0.3) is 0 Å². The summed E-state index contributed by atoms with van der Waals surface area (Å²) in [5, 5.41) is 20.4. The molecule has 3 heteroatoms. The third-order valence-electron chi connectivity index (χ3n) is 8.88. The van der Waals surface area contributed by atoms with Crippen molar-refractivity contribution in [2.75, 3.05) is 7.11 Å². The standard InChI is InChI=1S/C28H46O3/c1-19(9-10-20(2)27(3,4)30)25-13-14-26-22(8-7-15-28(25,26)5)12-11-21-16-23(29)18-24(17-21)31-6/h9-12,19-20,23-26,29-30H,7-8,13-18H2,1-6H3/b10-9+,21-11+,22-12+/t19-,20+,23+,24+,25-,26?,28-/m1/s1. The van der Waals surface area contributed by atoms with Gasteiger partial charge in [0.2, 0.25) is 0 Å². The van der Waals surface area contributed by atoms with Crippen molar-refractivity contribution in [1.29, 1.82) is 0 Å². The second-order valence-corrected chi connectivity index (χ2v) is 11.5. The summed E-state index contributed by atoms with van der Waals surface area (Å²) >= 11 is 0. The lowest BCUT2D eigenvalue weighted by Crippen LogP contribution is -2.35. The summed E-state index contributed by atoms with van der Waals surface area (Å²) in [5.41, 5.74) is 2.66. The van der Waals surface area contributed by atoms with Crippen LogP contribution in [0, 0.1) is 29.1 Å². The van der Waals surface area contributed by atoms with E-state index in [4.69, 9.17) is 4.74 Å². The van der Waals surface area contributed by atoms with Gasteiger partial charge in [-0.1, -0.05) is 56.2 Å². The number of aliphatic hydroxyl groups is 2. The molecule has 0 aromatic heterocycles. The molecule has 0 aromatic rings. The Kier molecular flexibility index (Phi) is 7.92. The number of aliphatic hydroxyl groups excluding tert-OH is 1. The molecule has 176 valence electrons. The predicted molar refractivity (Wildman–Crippen MR) is 129 cm³/mol. The van der Waals surface area contributed by atoms with Gasteiger partial charge in [-0.05, 0) is 82.0 Å². The first-order valence-corrected chi connectivity index (χ1v) is 12.5. The van der Waals surface area contributed by atoms with Gasteiger partial charge in [-0.2, -0.15) is 0 Å². The molecule has 3 nitrogen and oxygen atoms in total. The van der Waals surface area contributed by atoms with Gasteiger partial charge in [-0.25, -0.2) is 0 Å². The number of ether oxygens (including phenoxy) is 1. The van der Waals surface area contributed by atoms with E-state index in [1.807, 2.05) is 13.8 Å². The van der Waals surface area contributed by atoms with E-state index in [1.165, 1.54) is 37.7 Å². The Balaban J connectivity index is 1.72. The van der Waals surface area contributed by atoms with Crippen molar-refractivity contribution >= 4 is 0 Å². The molecule has 3 fully saturated rings. The summed E-state index contributed by atoms with van der Waals surface area (Å²) in [6, 6.07) is 0. The van der Waals surface area contributed by atoms with E-state index in [2.05, 4.69) is 45.1 Å². The van der Waals surface area contributed by atoms with Gasteiger partial charge < -0.3 is 14.9 Å². The summed E-state index contributed by atoms with van der Waals surface area (Å²) < 4.78 is 5.53. The summed E-state index contributed by atoms with van der Waals surface area (Å²) in [7, 11) is 1.75. The molecular weight excluding hydrogens is 384 g/mol. The molecule has 3 saturated carbocycles. The number of fused-ring (bicyclic) bond motifs is 1. The molecular formula is C28H46O3. The molecule has 0 aromatic carbocycles. The van der Waals surface area contributed by atoms with Crippen LogP contribution in [-0.4, -0.2) is 35.1 Å². The Labute approximate surface area is 190 Å². The van der Waals surface area contributed by atoms with Crippen LogP contribution in [0.3, 0.4) is 0 Å². The molecule has 3 aliphatic carbocycles. The van der Waals surface area contributed by atoms with Crippen LogP contribution in [0.1, 0.15) is 86.0 Å². The van der Waals surface area contributed by atoms with E-state index in [1.54, 1.807) is 12.7 Å². The average molecular weight is 431 g/mol. The Morgan fingerprint density at radius 3 is 2.55 bits per heavy atom. The van der Waals surface area contributed by atoms with Crippen molar-refractivity contribution < 1.29 is 14.9 Å². The van der Waals surface area contributed by atoms with Gasteiger partial charge in [0.15, 0.2) is 0 Å². The summed E-state index contributed by atoms with van der Waals surface area (Å²) in [4.78, 5) is 0. The topological polar surface area (TPSA) is 49.7 Å². The third kappa shape index (κ3) is 5.72. The van der Waals surface area contributed by atoms with Crippen molar-refractivity contribution in [2.24, 2.45) is 29.1 Å². The molecule has 0 heterocycles. The maximum atomic E-state index is 10.3. The lowest BCUT2D eigenvalue weighted by Gasteiger charge is -2.44. The van der Waals surface area contributed by atoms with Crippen molar-refractivity contribution in [3.05, 3.63) is 35.5 Å². The largest absolute Gasteiger partial charge is 0.393 e. The van der Waals surface area contributed by atoms with Crippen LogP contribution < -0.4 is 0 Å². The smallest absolute Gasteiger partial charge is 0.0651 e. The lowest BCUT2D eigenvalue weighted by molar-refractivity contribution is 0.0288. The highest BCUT2D eigenvalue weighted by Gasteiger charge is 2.50. The Morgan fingerprint density at radius 1 is 1.13 bits per heavy atom. The zero-order valence-electron chi connectivity index (χ0n) is 20.7. The Hall–Kier alpha value is -0.900. The third-order valence-corrected chi connectivity index (χ3v) is 8.88. The van der Waals surface area contributed by atoms with Gasteiger partial charge in [0.05, 0.1) is 17.8 Å². The molecule has 0 bridgehead atoms. The minimum Gasteiger partial charge on any atom is -0.393 e. The average Bonchev–Trinajstić information content (AvgIpc) is 3.06. The second-order valence-electron chi connectivity index (χ2n) is 11.5. The van der Waals surface area contributed by atoms with Crippen molar-refractivity contribution in [2.45, 2.75) is 104 Å². The summed E-state index contributed by atoms with van der Waals surface area (Å²) in [6.45, 7) is 10.8. The maximum absolute atomic E-state index is 10.3. The van der Waals surface area contributed by atoms with E-state index in [-0.39, 0.29) is 18.1 Å². The van der Waals surface area contributed by atoms with Gasteiger partial charge in [0, 0.05) is 19.4 Å². The van der Waals surface area contributed by atoms with Crippen LogP contribution in [0.2, 0.25) is 0 Å². The molecule has 7 atom stereocenters. The highest BCUT2D eigenvalue weighted by atomic mass is 16.5. The first-order chi connectivity index (χ1) is 14.5. The van der Waals surface area contributed by atoms with E-state index in [0.717, 1.165) is 19.3 Å². The van der Waals surface area contributed by atoms with Crippen LogP contribution in [0.4, 0.5) is 0 Å². The van der Waals surface area contributed by atoms with Crippen molar-refractivity contribution in [3.8, 4) is 0 Å². The highest BCUT2D eigenvalue weighted by molar-refractivity contribution is 5.26. The maximum Gasteiger partial charge on any atom is 0.0651 e. The van der Waals surface area contributed by atoms with Crippen LogP contribution >= 0.6 is 0 Å². The number of allylic oxidation sites excluding steroid dienone is 4. The number of hydrogen-bond acceptors (Lipinski definition) is 3. The lowest BCUT2D eigenvalue weighted by atomic mass is 9.61. The second kappa shape index (κ2) is 9.93. The van der Waals surface area contributed by atoms with Gasteiger partial charge >= 0.3 is 0 Å². The first kappa shape index (κ1) is 24.7. The van der Waals surface area contributed by atoms with Crippen molar-refractivity contribution in [1.82, 2.24) is 0 Å². The van der Waals surface area contributed by atoms with Crippen LogP contribution in [0.15, 0.2) is 35.5 Å². The van der Waals surface area contributed by atoms with Gasteiger partial charge in [0.25, 0.3) is 0 Å². The normalized spacial score (nSPS) is 39.2. The zero-order valence-corrected chi connectivity index (χ0v) is 20.7. The predicted octanol–water partition coefficient (Wildman–Crippen LogP) is 6.21. The molecule has 0 saturated heterocycles. The molecule has 3 rings (SSSR count). The fourth-order valence-electron chi connectivity index (χ4n) is 6.54. The zero-order chi connectivity index (χ0) is 22.8. The number of rotatable bonds is 6. The fraction of sp³-hybridized carbons (Fsp3) is 0.786. The summed E-state index contributed by atoms with van der Waals surface area (Å²) in [5.74, 6) is 2.08. The summed E-state index contributed by atoms with van der Waals surface area (Å²) in [6.07, 6.45) is 18.1. The van der Waals surface area contributed by atoms with E-state index < -0.39 is 5.60 Å². The Bertz CT molecular complexity index is 698. The molecule has 0 amide bonds. The van der Waals surface area contributed by atoms with Gasteiger partial charge in [-0.3, -0.25) is 0 Å². The molecule has 0 spiro atoms.